The van der Waals surface area contributed by atoms with Gasteiger partial charge in [0, 0.05) is 27.5 Å². The lowest BCUT2D eigenvalue weighted by atomic mass is 9.64. The molecule has 0 aliphatic carbocycles. The van der Waals surface area contributed by atoms with Crippen LogP contribution in [0.25, 0.3) is 6.08 Å². The van der Waals surface area contributed by atoms with Gasteiger partial charge in [-0.25, -0.2) is 0 Å². The monoisotopic (exact) mass is 578 g/mol. The number of ketones is 2. The Hall–Kier alpha value is -4.19. The predicted octanol–water partition coefficient (Wildman–Crippen LogP) is 7.16. The van der Waals surface area contributed by atoms with Crippen molar-refractivity contribution in [2.75, 3.05) is 10.2 Å². The van der Waals surface area contributed by atoms with Crippen molar-refractivity contribution in [1.29, 1.82) is 0 Å². The summed E-state index contributed by atoms with van der Waals surface area (Å²) < 4.78 is 0. The van der Waals surface area contributed by atoms with Gasteiger partial charge >= 0.3 is 0 Å². The van der Waals surface area contributed by atoms with E-state index < -0.39 is 23.4 Å². The third-order valence-corrected chi connectivity index (χ3v) is 9.14. The van der Waals surface area contributed by atoms with E-state index in [1.54, 1.807) is 36.4 Å². The molecule has 4 atom stereocenters. The molecule has 7 heteroatoms. The van der Waals surface area contributed by atoms with Crippen molar-refractivity contribution in [2.24, 2.45) is 5.92 Å². The normalized spacial score (nSPS) is 23.6. The lowest BCUT2D eigenvalue weighted by Gasteiger charge is -2.37. The molecule has 3 aliphatic rings. The zero-order valence-electron chi connectivity index (χ0n) is 22.0. The number of benzene rings is 4. The molecule has 202 valence electrons. The van der Waals surface area contributed by atoms with E-state index in [1.807, 2.05) is 72.5 Å². The topological polar surface area (TPSA) is 66.5 Å². The Morgan fingerprint density at radius 2 is 1.63 bits per heavy atom. The van der Waals surface area contributed by atoms with Crippen molar-refractivity contribution in [3.8, 4) is 0 Å². The van der Waals surface area contributed by atoms with Gasteiger partial charge in [0.1, 0.15) is 11.5 Å². The van der Waals surface area contributed by atoms with E-state index >= 15 is 0 Å². The zero-order valence-corrected chi connectivity index (χ0v) is 23.5. The molecule has 5 nitrogen and oxygen atoms in total. The van der Waals surface area contributed by atoms with Crippen molar-refractivity contribution in [3.63, 3.8) is 0 Å². The first-order chi connectivity index (χ1) is 19.8. The second kappa shape index (κ2) is 9.44. The summed E-state index contributed by atoms with van der Waals surface area (Å²) in [5.74, 6) is -2.04. The van der Waals surface area contributed by atoms with Gasteiger partial charge in [0.15, 0.2) is 11.6 Å². The number of Topliss-reactive ketones (excluding diaryl/α,β-unsaturated/α-hetero) is 2. The van der Waals surface area contributed by atoms with Crippen LogP contribution < -0.4 is 10.2 Å². The number of rotatable bonds is 4. The number of nitrogens with one attached hydrogen (secondary N) is 1. The molecule has 0 aromatic heterocycles. The first kappa shape index (κ1) is 25.8. The molecule has 1 spiro atoms. The number of hydrogen-bond donors (Lipinski definition) is 1. The number of halogens is 2. The van der Waals surface area contributed by atoms with Gasteiger partial charge in [-0.3, -0.25) is 14.4 Å². The number of carbonyl (C=O) groups excluding carboxylic acids is 3. The Kier molecular flexibility index (Phi) is 5.93. The molecule has 3 heterocycles. The molecule has 0 bridgehead atoms. The van der Waals surface area contributed by atoms with Crippen LogP contribution in [-0.2, 0) is 10.2 Å². The van der Waals surface area contributed by atoms with Gasteiger partial charge in [0.2, 0.25) is 5.91 Å². The van der Waals surface area contributed by atoms with Crippen LogP contribution in [0, 0.1) is 12.8 Å². The van der Waals surface area contributed by atoms with Gasteiger partial charge in [-0.1, -0.05) is 96.0 Å². The maximum Gasteiger partial charge on any atom is 0.238 e. The van der Waals surface area contributed by atoms with Crippen molar-refractivity contribution < 1.29 is 14.4 Å². The summed E-state index contributed by atoms with van der Waals surface area (Å²) in [6.07, 6.45) is 3.94. The zero-order chi connectivity index (χ0) is 28.5. The molecular weight excluding hydrogens is 555 g/mol. The lowest BCUT2D eigenvalue weighted by molar-refractivity contribution is -0.121. The van der Waals surface area contributed by atoms with Crippen molar-refractivity contribution in [1.82, 2.24) is 0 Å². The second-order valence-corrected chi connectivity index (χ2v) is 11.6. The van der Waals surface area contributed by atoms with Gasteiger partial charge in [0.05, 0.1) is 17.0 Å². The van der Waals surface area contributed by atoms with Crippen LogP contribution in [0.4, 0.5) is 11.4 Å². The number of nitrogens with zero attached hydrogens (tertiary/aromatic N) is 1. The quantitative estimate of drug-likeness (QED) is 0.261. The second-order valence-electron chi connectivity index (χ2n) is 10.8. The summed E-state index contributed by atoms with van der Waals surface area (Å²) in [6, 6.07) is 25.5. The summed E-state index contributed by atoms with van der Waals surface area (Å²) in [4.78, 5) is 45.9. The molecule has 4 aromatic rings. The summed E-state index contributed by atoms with van der Waals surface area (Å²) in [6.45, 7) is 1.99. The van der Waals surface area contributed by atoms with Crippen LogP contribution in [0.2, 0.25) is 10.0 Å². The Labute approximate surface area is 247 Å². The fraction of sp³-hybridized carbons (Fsp3) is 0.147. The molecule has 0 unspecified atom stereocenters. The number of aryl methyl sites for hydroxylation is 1. The molecule has 1 fully saturated rings. The number of fused-ring (bicyclic) bond motifs is 6. The van der Waals surface area contributed by atoms with Crippen molar-refractivity contribution in [3.05, 3.63) is 135 Å². The van der Waals surface area contributed by atoms with Gasteiger partial charge < -0.3 is 10.2 Å². The van der Waals surface area contributed by atoms with E-state index in [-0.39, 0.29) is 28.1 Å². The van der Waals surface area contributed by atoms with Gasteiger partial charge in [0.25, 0.3) is 0 Å². The highest BCUT2D eigenvalue weighted by Crippen LogP contribution is 2.58. The van der Waals surface area contributed by atoms with Crippen LogP contribution in [0.3, 0.4) is 0 Å². The number of amides is 1. The Morgan fingerprint density at radius 1 is 0.878 bits per heavy atom. The Balaban J connectivity index is 1.56. The first-order valence-corrected chi connectivity index (χ1v) is 14.1. The van der Waals surface area contributed by atoms with Gasteiger partial charge in [-0.05, 0) is 53.9 Å². The fourth-order valence-electron chi connectivity index (χ4n) is 6.90. The van der Waals surface area contributed by atoms with Crippen LogP contribution in [0.5, 0.6) is 0 Å². The molecule has 41 heavy (non-hydrogen) atoms. The number of carbonyl (C=O) groups is 3. The van der Waals surface area contributed by atoms with E-state index in [1.165, 1.54) is 6.07 Å². The fourth-order valence-corrected chi connectivity index (χ4v) is 7.41. The molecule has 4 aromatic carbocycles. The minimum Gasteiger partial charge on any atom is -0.352 e. The van der Waals surface area contributed by atoms with Crippen molar-refractivity contribution >= 4 is 58.1 Å². The number of para-hydroxylation sites is 1. The van der Waals surface area contributed by atoms with E-state index in [2.05, 4.69) is 5.32 Å². The minimum atomic E-state index is -1.40. The molecule has 0 radical (unpaired) electrons. The third kappa shape index (κ3) is 3.66. The van der Waals surface area contributed by atoms with E-state index in [9.17, 15) is 14.4 Å². The maximum absolute atomic E-state index is 14.9. The number of anilines is 2. The Bertz CT molecular complexity index is 1800. The average Bonchev–Trinajstić information content (AvgIpc) is 3.45. The smallest absolute Gasteiger partial charge is 0.238 e. The Morgan fingerprint density at radius 3 is 2.41 bits per heavy atom. The summed E-state index contributed by atoms with van der Waals surface area (Å²) in [5, 5.41) is 3.60. The van der Waals surface area contributed by atoms with Crippen molar-refractivity contribution in [2.45, 2.75) is 24.4 Å². The lowest BCUT2D eigenvalue weighted by Crippen LogP contribution is -2.51. The summed E-state index contributed by atoms with van der Waals surface area (Å²) in [5.41, 5.74) is 3.33. The summed E-state index contributed by atoms with van der Waals surface area (Å²) >= 11 is 12.8. The molecule has 7 rings (SSSR count). The maximum atomic E-state index is 14.9. The van der Waals surface area contributed by atoms with Crippen LogP contribution in [0.1, 0.15) is 37.4 Å². The highest BCUT2D eigenvalue weighted by molar-refractivity contribution is 6.37. The van der Waals surface area contributed by atoms with E-state index in [0.29, 0.717) is 21.8 Å². The van der Waals surface area contributed by atoms with Gasteiger partial charge in [-0.2, -0.15) is 0 Å². The summed E-state index contributed by atoms with van der Waals surface area (Å²) in [7, 11) is 0. The average molecular weight is 579 g/mol. The van der Waals surface area contributed by atoms with Crippen LogP contribution in [-0.4, -0.2) is 29.6 Å². The molecule has 1 saturated heterocycles. The van der Waals surface area contributed by atoms with Crippen LogP contribution in [0.15, 0.2) is 97.1 Å². The highest BCUT2D eigenvalue weighted by Gasteiger charge is 2.70. The third-order valence-electron chi connectivity index (χ3n) is 8.60. The van der Waals surface area contributed by atoms with E-state index in [0.717, 1.165) is 16.8 Å². The highest BCUT2D eigenvalue weighted by atomic mass is 35.5. The SMILES string of the molecule is Cc1ccc2c(c1)N1[C@H](C(=O)c3ccccc3)[C@@H](C(=O)c3ccc(Cl)cc3Cl)[C@]3(C(=O)Nc4ccccc43)[C@H]1C=C2. The molecule has 3 aliphatic heterocycles. The predicted molar refractivity (Wildman–Crippen MR) is 162 cm³/mol. The van der Waals surface area contributed by atoms with Crippen LogP contribution >= 0.6 is 23.2 Å². The van der Waals surface area contributed by atoms with E-state index in [4.69, 9.17) is 23.2 Å². The molecular formula is C34H24Cl2N2O3. The first-order valence-electron chi connectivity index (χ1n) is 13.4. The molecule has 1 amide bonds. The molecule has 0 saturated carbocycles. The minimum absolute atomic E-state index is 0.173. The van der Waals surface area contributed by atoms with Gasteiger partial charge in [-0.15, -0.1) is 0 Å². The number of hydrogen-bond acceptors (Lipinski definition) is 4. The standard InChI is InChI=1S/C34H24Cl2N2O3/c1-19-11-12-20-13-16-28-34(24-9-5-6-10-26(24)37-33(34)41)29(32(40)23-15-14-22(35)18-25(23)36)30(38(28)27(20)17-19)31(39)21-7-3-2-4-8-21/h2-18,28-30H,1H3,(H,37,41)/t28-,29+,30+,34-/m1/s1. The molecule has 1 N–H and O–H groups in total. The largest absolute Gasteiger partial charge is 0.352 e.